The second-order valence-corrected chi connectivity index (χ2v) is 11.3. The van der Waals surface area contributed by atoms with Gasteiger partial charge in [0.2, 0.25) is 0 Å². The molecule has 0 aromatic rings. The van der Waals surface area contributed by atoms with Crippen LogP contribution in [0, 0.1) is 59.2 Å². The molecule has 0 spiro atoms. The fourth-order valence-corrected chi connectivity index (χ4v) is 8.62. The van der Waals surface area contributed by atoms with Crippen molar-refractivity contribution in [1.29, 1.82) is 0 Å². The smallest absolute Gasteiger partial charge is 0.132 e. The van der Waals surface area contributed by atoms with E-state index in [9.17, 15) is 4.79 Å². The Morgan fingerprint density at radius 3 is 1.46 bits per heavy atom. The third-order valence-electron chi connectivity index (χ3n) is 9.37. The Bertz CT molecular complexity index is 462. The summed E-state index contributed by atoms with van der Waals surface area (Å²) in [6.07, 6.45) is 13.0. The van der Waals surface area contributed by atoms with Crippen molar-refractivity contribution in [1.82, 2.24) is 0 Å². The zero-order valence-corrected chi connectivity index (χ0v) is 17.8. The van der Waals surface area contributed by atoms with E-state index in [1.54, 1.807) is 0 Å². The highest BCUT2D eigenvalue weighted by atomic mass is 16.1. The molecule has 1 heteroatoms. The van der Waals surface area contributed by atoms with Crippen molar-refractivity contribution in [3.63, 3.8) is 0 Å². The minimum atomic E-state index is 0.584. The van der Waals surface area contributed by atoms with Crippen LogP contribution in [0.3, 0.4) is 0 Å². The molecule has 8 unspecified atom stereocenters. The minimum absolute atomic E-state index is 0.584. The van der Waals surface area contributed by atoms with Gasteiger partial charge in [-0.25, -0.2) is 0 Å². The minimum Gasteiger partial charge on any atom is -0.300 e. The maximum Gasteiger partial charge on any atom is 0.132 e. The Balaban J connectivity index is 1.26. The van der Waals surface area contributed by atoms with Crippen LogP contribution >= 0.6 is 0 Å². The van der Waals surface area contributed by atoms with Gasteiger partial charge >= 0.3 is 0 Å². The molecule has 0 radical (unpaired) electrons. The number of hydrogen-bond acceptors (Lipinski definition) is 1. The molecule has 26 heavy (non-hydrogen) atoms. The summed E-state index contributed by atoms with van der Waals surface area (Å²) in [5, 5.41) is 0. The number of Topliss-reactive ketones (excluding diaryl/α,β-unsaturated/α-hetero) is 1. The molecule has 4 aliphatic rings. The van der Waals surface area contributed by atoms with Crippen LogP contribution < -0.4 is 0 Å². The summed E-state index contributed by atoms with van der Waals surface area (Å²) in [6.45, 7) is 9.67. The van der Waals surface area contributed by atoms with Gasteiger partial charge in [-0.2, -0.15) is 0 Å². The molecule has 1 nitrogen and oxygen atoms in total. The molecule has 0 amide bonds. The zero-order chi connectivity index (χ0) is 18.4. The van der Waals surface area contributed by atoms with Gasteiger partial charge in [-0.3, -0.25) is 4.79 Å². The highest BCUT2D eigenvalue weighted by Gasteiger charge is 2.49. The first-order chi connectivity index (χ1) is 12.5. The topological polar surface area (TPSA) is 17.1 Å². The van der Waals surface area contributed by atoms with Crippen LogP contribution in [0.5, 0.6) is 0 Å². The van der Waals surface area contributed by atoms with Gasteiger partial charge < -0.3 is 0 Å². The molecule has 4 fully saturated rings. The van der Waals surface area contributed by atoms with Crippen LogP contribution in [0.4, 0.5) is 0 Å². The number of hydrogen-bond donors (Lipinski definition) is 0. The molecule has 0 aromatic heterocycles. The van der Waals surface area contributed by atoms with E-state index in [2.05, 4.69) is 27.7 Å². The van der Waals surface area contributed by atoms with Crippen molar-refractivity contribution in [2.45, 2.75) is 91.9 Å². The maximum absolute atomic E-state index is 12.7. The van der Waals surface area contributed by atoms with Gasteiger partial charge in [0, 0.05) is 12.8 Å². The lowest BCUT2D eigenvalue weighted by Crippen LogP contribution is -2.28. The van der Waals surface area contributed by atoms with Gasteiger partial charge in [0.05, 0.1) is 0 Å². The normalized spacial score (nSPS) is 43.9. The summed E-state index contributed by atoms with van der Waals surface area (Å²) < 4.78 is 0. The van der Waals surface area contributed by atoms with Crippen molar-refractivity contribution in [2.24, 2.45) is 59.2 Å². The molecule has 4 rings (SSSR count). The predicted octanol–water partition coefficient (Wildman–Crippen LogP) is 6.75. The average Bonchev–Trinajstić information content (AvgIpc) is 3.36. The third-order valence-corrected chi connectivity index (χ3v) is 9.37. The van der Waals surface area contributed by atoms with E-state index in [0.29, 0.717) is 5.78 Å². The van der Waals surface area contributed by atoms with E-state index in [4.69, 9.17) is 0 Å². The molecule has 148 valence electrons. The average molecular weight is 359 g/mol. The number of carbonyl (C=O) groups is 1. The highest BCUT2D eigenvalue weighted by Crippen LogP contribution is 2.57. The highest BCUT2D eigenvalue weighted by molar-refractivity contribution is 5.78. The molecule has 4 saturated carbocycles. The quantitative estimate of drug-likeness (QED) is 0.469. The van der Waals surface area contributed by atoms with Gasteiger partial charge in [0.15, 0.2) is 0 Å². The van der Waals surface area contributed by atoms with E-state index in [1.165, 1.54) is 51.4 Å². The summed E-state index contributed by atoms with van der Waals surface area (Å²) >= 11 is 0. The summed E-state index contributed by atoms with van der Waals surface area (Å²) in [7, 11) is 0. The van der Waals surface area contributed by atoms with Crippen molar-refractivity contribution in [3.05, 3.63) is 0 Å². The van der Waals surface area contributed by atoms with Gasteiger partial charge in [-0.1, -0.05) is 27.7 Å². The fourth-order valence-electron chi connectivity index (χ4n) is 8.62. The zero-order valence-electron chi connectivity index (χ0n) is 17.8. The molecule has 0 saturated heterocycles. The van der Waals surface area contributed by atoms with E-state index < -0.39 is 0 Å². The second-order valence-electron chi connectivity index (χ2n) is 11.3. The van der Waals surface area contributed by atoms with Gasteiger partial charge in [-0.15, -0.1) is 0 Å². The Labute approximate surface area is 162 Å². The second kappa shape index (κ2) is 7.59. The molecule has 0 aromatic carbocycles. The van der Waals surface area contributed by atoms with Crippen molar-refractivity contribution >= 4 is 5.78 Å². The van der Waals surface area contributed by atoms with Crippen LogP contribution in [0.15, 0.2) is 0 Å². The van der Waals surface area contributed by atoms with E-state index >= 15 is 0 Å². The molecular weight excluding hydrogens is 316 g/mol. The Hall–Kier alpha value is -0.330. The van der Waals surface area contributed by atoms with E-state index in [1.807, 2.05) is 0 Å². The lowest BCUT2D eigenvalue weighted by atomic mass is 9.70. The van der Waals surface area contributed by atoms with Crippen LogP contribution in [0.1, 0.15) is 91.9 Å². The molecule has 8 atom stereocenters. The molecule has 0 aliphatic heterocycles. The summed E-state index contributed by atoms with van der Waals surface area (Å²) in [4.78, 5) is 12.7. The number of rotatable bonds is 8. The standard InChI is InChI=1S/C25H42O/c1-15(2)24-19-7-5-17(13-19)22(24)11-9-21(26)10-12-23-18-6-8-20(14-18)25(23)16(3)4/h15-20,22-25H,5-14H2,1-4H3. The van der Waals surface area contributed by atoms with E-state index in [-0.39, 0.29) is 0 Å². The van der Waals surface area contributed by atoms with Gasteiger partial charge in [0.1, 0.15) is 5.78 Å². The van der Waals surface area contributed by atoms with Gasteiger partial charge in [0.25, 0.3) is 0 Å². The lowest BCUT2D eigenvalue weighted by Gasteiger charge is -2.34. The monoisotopic (exact) mass is 358 g/mol. The first-order valence-corrected chi connectivity index (χ1v) is 12.0. The number of carbonyl (C=O) groups excluding carboxylic acids is 1. The maximum atomic E-state index is 12.7. The molecule has 4 aliphatic carbocycles. The van der Waals surface area contributed by atoms with Crippen molar-refractivity contribution in [2.75, 3.05) is 0 Å². The first-order valence-electron chi connectivity index (χ1n) is 12.0. The largest absolute Gasteiger partial charge is 0.300 e. The molecular formula is C25H42O. The van der Waals surface area contributed by atoms with Crippen molar-refractivity contribution < 1.29 is 4.79 Å². The summed E-state index contributed by atoms with van der Waals surface area (Å²) in [5.41, 5.74) is 0. The molecule has 0 N–H and O–H groups in total. The Morgan fingerprint density at radius 1 is 0.692 bits per heavy atom. The van der Waals surface area contributed by atoms with Crippen LogP contribution in [0.2, 0.25) is 0 Å². The van der Waals surface area contributed by atoms with Gasteiger partial charge in [-0.05, 0) is 111 Å². The summed E-state index contributed by atoms with van der Waals surface area (Å²) in [6, 6.07) is 0. The van der Waals surface area contributed by atoms with Crippen molar-refractivity contribution in [3.8, 4) is 0 Å². The summed E-state index contributed by atoms with van der Waals surface area (Å²) in [5.74, 6) is 9.65. The fraction of sp³-hybridized carbons (Fsp3) is 0.960. The predicted molar refractivity (Wildman–Crippen MR) is 109 cm³/mol. The van der Waals surface area contributed by atoms with Crippen LogP contribution in [-0.2, 0) is 4.79 Å². The SMILES string of the molecule is CC(C)C1C2CCC(C2)C1CCC(=O)CCC1C2CCC(C2)C1C(C)C. The Kier molecular flexibility index (Phi) is 5.55. The number of fused-ring (bicyclic) bond motifs is 4. The molecule has 0 heterocycles. The first kappa shape index (κ1) is 19.0. The Morgan fingerprint density at radius 2 is 1.08 bits per heavy atom. The van der Waals surface area contributed by atoms with Crippen LogP contribution in [0.25, 0.3) is 0 Å². The van der Waals surface area contributed by atoms with Crippen LogP contribution in [-0.4, -0.2) is 5.78 Å². The lowest BCUT2D eigenvalue weighted by molar-refractivity contribution is -0.120. The van der Waals surface area contributed by atoms with E-state index in [0.717, 1.165) is 72.0 Å². The molecule has 4 bridgehead atoms. The number of ketones is 1. The third kappa shape index (κ3) is 3.42.